The highest BCUT2D eigenvalue weighted by atomic mass is 19.1. The van der Waals surface area contributed by atoms with E-state index in [1.165, 1.54) is 6.07 Å². The van der Waals surface area contributed by atoms with E-state index in [4.69, 9.17) is 5.73 Å². The van der Waals surface area contributed by atoms with E-state index in [0.717, 1.165) is 5.56 Å². The van der Waals surface area contributed by atoms with Crippen LogP contribution < -0.4 is 5.73 Å². The van der Waals surface area contributed by atoms with Crippen LogP contribution in [-0.4, -0.2) is 23.9 Å². The second-order valence-electron chi connectivity index (χ2n) is 4.03. The van der Waals surface area contributed by atoms with E-state index in [9.17, 15) is 9.18 Å². The maximum absolute atomic E-state index is 13.7. The van der Waals surface area contributed by atoms with Crippen molar-refractivity contribution in [3.05, 3.63) is 35.1 Å². The maximum Gasteiger partial charge on any atom is 0.236 e. The lowest BCUT2D eigenvalue weighted by molar-refractivity contribution is -0.132. The zero-order chi connectivity index (χ0) is 11.7. The molecule has 86 valence electrons. The molecule has 0 aliphatic carbocycles. The zero-order valence-electron chi connectivity index (χ0n) is 9.24. The fraction of sp³-hybridized carbons (Fsp3) is 0.417. The number of benzene rings is 1. The van der Waals surface area contributed by atoms with E-state index in [2.05, 4.69) is 0 Å². The first-order chi connectivity index (χ1) is 7.65. The quantitative estimate of drug-likeness (QED) is 0.776. The number of nitrogens with zero attached hydrogens (tertiary/aromatic N) is 1. The normalized spacial score (nSPS) is 19.4. The molecule has 0 saturated carbocycles. The summed E-state index contributed by atoms with van der Waals surface area (Å²) >= 11 is 0. The Morgan fingerprint density at radius 1 is 1.62 bits per heavy atom. The number of hydrogen-bond acceptors (Lipinski definition) is 2. The second-order valence-corrected chi connectivity index (χ2v) is 4.03. The molecule has 1 aromatic rings. The highest BCUT2D eigenvalue weighted by Crippen LogP contribution is 2.31. The van der Waals surface area contributed by atoms with Crippen LogP contribution in [0.5, 0.6) is 0 Å². The first-order valence-corrected chi connectivity index (χ1v) is 5.42. The number of carbonyl (C=O) groups is 1. The molecule has 1 amide bonds. The average molecular weight is 222 g/mol. The Bertz CT molecular complexity index is 419. The van der Waals surface area contributed by atoms with Gasteiger partial charge in [-0.15, -0.1) is 0 Å². The van der Waals surface area contributed by atoms with Gasteiger partial charge in [-0.25, -0.2) is 4.39 Å². The minimum absolute atomic E-state index is 0.0197. The molecule has 4 heteroatoms. The summed E-state index contributed by atoms with van der Waals surface area (Å²) in [5, 5.41) is 0. The van der Waals surface area contributed by atoms with Gasteiger partial charge in [0.1, 0.15) is 5.82 Å². The fourth-order valence-electron chi connectivity index (χ4n) is 2.32. The SMILES string of the molecule is C[C@H]1c2c(F)cccc2CCN1C(=O)CN. The van der Waals surface area contributed by atoms with E-state index >= 15 is 0 Å². The summed E-state index contributed by atoms with van der Waals surface area (Å²) in [5.41, 5.74) is 6.97. The summed E-state index contributed by atoms with van der Waals surface area (Å²) in [5.74, 6) is -0.360. The first kappa shape index (κ1) is 11.1. The van der Waals surface area contributed by atoms with Gasteiger partial charge in [-0.3, -0.25) is 4.79 Å². The molecule has 0 radical (unpaired) electrons. The Morgan fingerprint density at radius 2 is 2.38 bits per heavy atom. The molecule has 0 saturated heterocycles. The second kappa shape index (κ2) is 4.22. The molecule has 3 nitrogen and oxygen atoms in total. The summed E-state index contributed by atoms with van der Waals surface area (Å²) in [6.07, 6.45) is 0.698. The number of halogens is 1. The van der Waals surface area contributed by atoms with E-state index < -0.39 is 0 Å². The van der Waals surface area contributed by atoms with Gasteiger partial charge in [0.05, 0.1) is 12.6 Å². The molecular formula is C12H15FN2O. The van der Waals surface area contributed by atoms with Crippen LogP contribution in [0.1, 0.15) is 24.1 Å². The fourth-order valence-corrected chi connectivity index (χ4v) is 2.32. The van der Waals surface area contributed by atoms with Crippen LogP contribution in [0.15, 0.2) is 18.2 Å². The predicted octanol–water partition coefficient (Wildman–Crippen LogP) is 1.23. The smallest absolute Gasteiger partial charge is 0.236 e. The van der Waals surface area contributed by atoms with E-state index in [1.54, 1.807) is 11.0 Å². The van der Waals surface area contributed by atoms with E-state index in [0.29, 0.717) is 18.5 Å². The topological polar surface area (TPSA) is 46.3 Å². The monoisotopic (exact) mass is 222 g/mol. The molecule has 1 aromatic carbocycles. The molecule has 0 fully saturated rings. The molecule has 1 aliphatic heterocycles. The lowest BCUT2D eigenvalue weighted by Gasteiger charge is -2.35. The molecule has 0 aromatic heterocycles. The van der Waals surface area contributed by atoms with Crippen molar-refractivity contribution in [3.63, 3.8) is 0 Å². The number of carbonyl (C=O) groups excluding carboxylic acids is 1. The number of rotatable bonds is 1. The van der Waals surface area contributed by atoms with Crippen molar-refractivity contribution < 1.29 is 9.18 Å². The molecule has 1 atom stereocenters. The highest BCUT2D eigenvalue weighted by molar-refractivity contribution is 5.78. The van der Waals surface area contributed by atoms with Gasteiger partial charge in [0, 0.05) is 12.1 Å². The van der Waals surface area contributed by atoms with Crippen LogP contribution in [-0.2, 0) is 11.2 Å². The lowest BCUT2D eigenvalue weighted by Crippen LogP contribution is -2.42. The molecule has 2 rings (SSSR count). The van der Waals surface area contributed by atoms with E-state index in [-0.39, 0.29) is 24.3 Å². The van der Waals surface area contributed by atoms with Crippen molar-refractivity contribution in [2.24, 2.45) is 5.73 Å². The van der Waals surface area contributed by atoms with Crippen molar-refractivity contribution in [3.8, 4) is 0 Å². The van der Waals surface area contributed by atoms with Crippen molar-refractivity contribution >= 4 is 5.91 Å². The van der Waals surface area contributed by atoms with Gasteiger partial charge < -0.3 is 10.6 Å². The van der Waals surface area contributed by atoms with Crippen LogP contribution >= 0.6 is 0 Å². The average Bonchev–Trinajstić information content (AvgIpc) is 2.28. The van der Waals surface area contributed by atoms with Crippen LogP contribution in [0.3, 0.4) is 0 Å². The van der Waals surface area contributed by atoms with Crippen molar-refractivity contribution in [2.45, 2.75) is 19.4 Å². The Morgan fingerprint density at radius 3 is 3.06 bits per heavy atom. The van der Waals surface area contributed by atoms with Crippen molar-refractivity contribution in [1.82, 2.24) is 4.90 Å². The third-order valence-electron chi connectivity index (χ3n) is 3.15. The summed E-state index contributed by atoms with van der Waals surface area (Å²) < 4.78 is 13.7. The molecule has 1 heterocycles. The van der Waals surface area contributed by atoms with Crippen LogP contribution in [0.25, 0.3) is 0 Å². The highest BCUT2D eigenvalue weighted by Gasteiger charge is 2.28. The third-order valence-corrected chi connectivity index (χ3v) is 3.15. The van der Waals surface area contributed by atoms with Gasteiger partial charge in [0.2, 0.25) is 5.91 Å². The van der Waals surface area contributed by atoms with Crippen LogP contribution in [0.4, 0.5) is 4.39 Å². The first-order valence-electron chi connectivity index (χ1n) is 5.42. The lowest BCUT2D eigenvalue weighted by atomic mass is 9.93. The zero-order valence-corrected chi connectivity index (χ0v) is 9.24. The molecule has 0 spiro atoms. The van der Waals surface area contributed by atoms with Crippen LogP contribution in [0.2, 0.25) is 0 Å². The Kier molecular flexibility index (Phi) is 2.92. The van der Waals surface area contributed by atoms with Crippen molar-refractivity contribution in [2.75, 3.05) is 13.1 Å². The molecule has 1 aliphatic rings. The Hall–Kier alpha value is -1.42. The maximum atomic E-state index is 13.7. The van der Waals surface area contributed by atoms with Crippen molar-refractivity contribution in [1.29, 1.82) is 0 Å². The predicted molar refractivity (Wildman–Crippen MR) is 59.3 cm³/mol. The van der Waals surface area contributed by atoms with E-state index in [1.807, 2.05) is 13.0 Å². The summed E-state index contributed by atoms with van der Waals surface area (Å²) in [7, 11) is 0. The largest absolute Gasteiger partial charge is 0.334 e. The number of amides is 1. The molecule has 0 bridgehead atoms. The van der Waals surface area contributed by atoms with Gasteiger partial charge in [0.25, 0.3) is 0 Å². The Labute approximate surface area is 94.0 Å². The number of nitrogens with two attached hydrogens (primary N) is 1. The summed E-state index contributed by atoms with van der Waals surface area (Å²) in [6.45, 7) is 2.44. The summed E-state index contributed by atoms with van der Waals surface area (Å²) in [4.78, 5) is 13.2. The van der Waals surface area contributed by atoms with Gasteiger partial charge in [-0.05, 0) is 25.0 Å². The summed E-state index contributed by atoms with van der Waals surface area (Å²) in [6, 6.07) is 4.84. The van der Waals surface area contributed by atoms with Gasteiger partial charge >= 0.3 is 0 Å². The molecule has 16 heavy (non-hydrogen) atoms. The minimum Gasteiger partial charge on any atom is -0.334 e. The Balaban J connectivity index is 2.38. The number of fused-ring (bicyclic) bond motifs is 1. The van der Waals surface area contributed by atoms with Gasteiger partial charge in [-0.2, -0.15) is 0 Å². The van der Waals surface area contributed by atoms with Gasteiger partial charge in [-0.1, -0.05) is 12.1 Å². The number of hydrogen-bond donors (Lipinski definition) is 1. The molecule has 0 unspecified atom stereocenters. The third kappa shape index (κ3) is 1.69. The molecule has 2 N–H and O–H groups in total. The molecular weight excluding hydrogens is 207 g/mol. The van der Waals surface area contributed by atoms with Crippen LogP contribution in [0, 0.1) is 5.82 Å². The minimum atomic E-state index is -0.237. The van der Waals surface area contributed by atoms with Gasteiger partial charge in [0.15, 0.2) is 0 Å². The standard InChI is InChI=1S/C12H15FN2O/c1-8-12-9(3-2-4-10(12)13)5-6-15(8)11(16)7-14/h2-4,8H,5-7,14H2,1H3/t8-/m0/s1.